The van der Waals surface area contributed by atoms with Crippen molar-refractivity contribution in [3.05, 3.63) is 0 Å². The first-order valence-corrected chi connectivity index (χ1v) is 3.24. The summed E-state index contributed by atoms with van der Waals surface area (Å²) in [6.45, 7) is 1.25. The Morgan fingerprint density at radius 3 is 2.18 bits per heavy atom. The van der Waals surface area contributed by atoms with Crippen molar-refractivity contribution in [1.82, 2.24) is 10.4 Å². The maximum absolute atomic E-state index is 10.8. The van der Waals surface area contributed by atoms with E-state index >= 15 is 0 Å². The fourth-order valence-corrected chi connectivity index (χ4v) is 0.859. The van der Waals surface area contributed by atoms with Gasteiger partial charge < -0.3 is 0 Å². The molecule has 0 atom stereocenters. The lowest BCUT2D eigenvalue weighted by Gasteiger charge is -2.12. The van der Waals surface area contributed by atoms with Crippen LogP contribution in [0.5, 0.6) is 0 Å². The van der Waals surface area contributed by atoms with Gasteiger partial charge in [0.05, 0.1) is 0 Å². The highest BCUT2D eigenvalue weighted by Crippen LogP contribution is 2.07. The van der Waals surface area contributed by atoms with Gasteiger partial charge in [0.1, 0.15) is 0 Å². The number of rotatable bonds is 1. The number of carbonyl (C=O) groups is 3. The van der Waals surface area contributed by atoms with Gasteiger partial charge in [-0.1, -0.05) is 0 Å². The third-order valence-corrected chi connectivity index (χ3v) is 1.32. The number of nitrogens with zero attached hydrogens (tertiary/aromatic N) is 1. The summed E-state index contributed by atoms with van der Waals surface area (Å²) in [7, 11) is 0. The minimum absolute atomic E-state index is 0.194. The smallest absolute Gasteiger partial charge is 0.248 e. The minimum Gasteiger partial charge on any atom is -0.274 e. The van der Waals surface area contributed by atoms with Crippen molar-refractivity contribution >= 4 is 17.7 Å². The van der Waals surface area contributed by atoms with Gasteiger partial charge in [0.25, 0.3) is 0 Å². The predicted octanol–water partition coefficient (Wildman–Crippen LogP) is -0.814. The molecule has 0 aromatic carbocycles. The molecule has 0 aromatic heterocycles. The molecule has 11 heavy (non-hydrogen) atoms. The van der Waals surface area contributed by atoms with Crippen LogP contribution in [-0.4, -0.2) is 22.7 Å². The van der Waals surface area contributed by atoms with Gasteiger partial charge in [0.2, 0.25) is 17.7 Å². The number of hydrazine groups is 1. The molecule has 5 heteroatoms. The highest BCUT2D eigenvalue weighted by atomic mass is 16.2. The molecule has 0 aliphatic carbocycles. The molecular weight excluding hydrogens is 148 g/mol. The zero-order chi connectivity index (χ0) is 8.43. The standard InChI is InChI=1S/C6H8N2O3/c1-4(9)7-8-5(10)2-3-6(8)11/h2-3H2,1H3,(H,7,9). The molecule has 1 fully saturated rings. The fourth-order valence-electron chi connectivity index (χ4n) is 0.859. The monoisotopic (exact) mass is 156 g/mol. The van der Waals surface area contributed by atoms with Crippen LogP contribution in [0, 0.1) is 0 Å². The van der Waals surface area contributed by atoms with Crippen LogP contribution in [0.15, 0.2) is 0 Å². The van der Waals surface area contributed by atoms with Gasteiger partial charge in [-0.05, 0) is 0 Å². The largest absolute Gasteiger partial charge is 0.274 e. The van der Waals surface area contributed by atoms with E-state index in [1.165, 1.54) is 6.92 Å². The molecule has 0 unspecified atom stereocenters. The van der Waals surface area contributed by atoms with Crippen molar-refractivity contribution in [3.63, 3.8) is 0 Å². The van der Waals surface area contributed by atoms with Gasteiger partial charge in [-0.15, -0.1) is 0 Å². The van der Waals surface area contributed by atoms with Gasteiger partial charge in [-0.2, -0.15) is 5.01 Å². The van der Waals surface area contributed by atoms with Crippen LogP contribution in [0.3, 0.4) is 0 Å². The van der Waals surface area contributed by atoms with Crippen molar-refractivity contribution in [2.24, 2.45) is 0 Å². The van der Waals surface area contributed by atoms with Gasteiger partial charge in [0, 0.05) is 19.8 Å². The lowest BCUT2D eigenvalue weighted by atomic mass is 10.4. The molecule has 3 amide bonds. The van der Waals surface area contributed by atoms with E-state index in [4.69, 9.17) is 0 Å². The van der Waals surface area contributed by atoms with Crippen LogP contribution in [0.4, 0.5) is 0 Å². The molecule has 1 aliphatic heterocycles. The minimum atomic E-state index is -0.409. The summed E-state index contributed by atoms with van der Waals surface area (Å²) in [6, 6.07) is 0. The van der Waals surface area contributed by atoms with E-state index < -0.39 is 5.91 Å². The molecule has 60 valence electrons. The molecule has 0 saturated carbocycles. The van der Waals surface area contributed by atoms with Crippen molar-refractivity contribution in [2.45, 2.75) is 19.8 Å². The normalized spacial score (nSPS) is 17.4. The Kier molecular flexibility index (Phi) is 1.89. The summed E-state index contributed by atoms with van der Waals surface area (Å²) in [5.41, 5.74) is 2.14. The first kappa shape index (κ1) is 7.71. The van der Waals surface area contributed by atoms with Gasteiger partial charge >= 0.3 is 0 Å². The summed E-state index contributed by atoms with van der Waals surface area (Å²) < 4.78 is 0. The molecule has 1 saturated heterocycles. The third kappa shape index (κ3) is 1.54. The van der Waals surface area contributed by atoms with Crippen LogP contribution in [0.1, 0.15) is 19.8 Å². The second kappa shape index (κ2) is 2.69. The average molecular weight is 156 g/mol. The maximum Gasteiger partial charge on any atom is 0.248 e. The van der Waals surface area contributed by atoms with Crippen LogP contribution in [-0.2, 0) is 14.4 Å². The van der Waals surface area contributed by atoms with Crippen LogP contribution >= 0.6 is 0 Å². The molecule has 1 aliphatic rings. The average Bonchev–Trinajstić information content (AvgIpc) is 2.18. The third-order valence-electron chi connectivity index (χ3n) is 1.32. The van der Waals surface area contributed by atoms with Crippen LogP contribution in [0.25, 0.3) is 0 Å². The van der Waals surface area contributed by atoms with Crippen molar-refractivity contribution in [2.75, 3.05) is 0 Å². The van der Waals surface area contributed by atoms with Crippen molar-refractivity contribution < 1.29 is 14.4 Å². The van der Waals surface area contributed by atoms with Crippen LogP contribution < -0.4 is 5.43 Å². The van der Waals surface area contributed by atoms with Gasteiger partial charge in [-0.25, -0.2) is 0 Å². The number of hydrogen-bond donors (Lipinski definition) is 1. The van der Waals surface area contributed by atoms with Crippen molar-refractivity contribution in [1.29, 1.82) is 0 Å². The summed E-state index contributed by atoms with van der Waals surface area (Å²) in [5, 5.41) is 0.766. The topological polar surface area (TPSA) is 66.5 Å². The second-order valence-electron chi connectivity index (χ2n) is 2.29. The molecule has 0 spiro atoms. The predicted molar refractivity (Wildman–Crippen MR) is 34.9 cm³/mol. The Morgan fingerprint density at radius 1 is 1.36 bits per heavy atom. The first-order valence-electron chi connectivity index (χ1n) is 3.24. The van der Waals surface area contributed by atoms with E-state index in [0.717, 1.165) is 5.01 Å². The Balaban J connectivity index is 2.62. The molecule has 0 radical (unpaired) electrons. The number of nitrogens with one attached hydrogen (secondary N) is 1. The summed E-state index contributed by atoms with van der Waals surface area (Å²) in [6.07, 6.45) is 0.387. The number of hydrogen-bond acceptors (Lipinski definition) is 3. The second-order valence-corrected chi connectivity index (χ2v) is 2.29. The molecule has 0 aromatic rings. The zero-order valence-corrected chi connectivity index (χ0v) is 6.09. The molecule has 1 heterocycles. The quantitative estimate of drug-likeness (QED) is 0.505. The maximum atomic E-state index is 10.8. The number of imide groups is 1. The van der Waals surface area contributed by atoms with Crippen molar-refractivity contribution in [3.8, 4) is 0 Å². The van der Waals surface area contributed by atoms with Gasteiger partial charge in [-0.3, -0.25) is 19.8 Å². The zero-order valence-electron chi connectivity index (χ0n) is 6.09. The SMILES string of the molecule is CC(=O)NN1C(=O)CCC1=O. The number of carbonyl (C=O) groups excluding carboxylic acids is 3. The van der Waals surface area contributed by atoms with E-state index in [0.29, 0.717) is 0 Å². The molecule has 1 N–H and O–H groups in total. The van der Waals surface area contributed by atoms with E-state index in [1.54, 1.807) is 0 Å². The Bertz CT molecular complexity index is 208. The van der Waals surface area contributed by atoms with E-state index in [9.17, 15) is 14.4 Å². The first-order chi connectivity index (χ1) is 5.11. The lowest BCUT2D eigenvalue weighted by Crippen LogP contribution is -2.44. The lowest BCUT2D eigenvalue weighted by molar-refractivity contribution is -0.147. The Morgan fingerprint density at radius 2 is 1.82 bits per heavy atom. The summed E-state index contributed by atoms with van der Waals surface area (Å²) >= 11 is 0. The Hall–Kier alpha value is -1.39. The van der Waals surface area contributed by atoms with E-state index in [2.05, 4.69) is 5.43 Å². The fraction of sp³-hybridized carbons (Fsp3) is 0.500. The highest BCUT2D eigenvalue weighted by Gasteiger charge is 2.29. The number of amides is 3. The van der Waals surface area contributed by atoms with E-state index in [1.807, 2.05) is 0 Å². The summed E-state index contributed by atoms with van der Waals surface area (Å²) in [4.78, 5) is 32.1. The Labute approximate surface area is 63.3 Å². The van der Waals surface area contributed by atoms with Crippen LogP contribution in [0.2, 0.25) is 0 Å². The highest BCUT2D eigenvalue weighted by molar-refractivity contribution is 6.02. The molecule has 5 nitrogen and oxygen atoms in total. The molecule has 0 bridgehead atoms. The van der Waals surface area contributed by atoms with Gasteiger partial charge in [0.15, 0.2) is 0 Å². The summed E-state index contributed by atoms with van der Waals surface area (Å²) in [5.74, 6) is -1.09. The molecule has 1 rings (SSSR count). The molecular formula is C6H8N2O3. The van der Waals surface area contributed by atoms with E-state index in [-0.39, 0.29) is 24.7 Å².